The number of esters is 1. The van der Waals surface area contributed by atoms with Gasteiger partial charge in [-0.15, -0.1) is 0 Å². The summed E-state index contributed by atoms with van der Waals surface area (Å²) < 4.78 is 15.7. The van der Waals surface area contributed by atoms with Crippen LogP contribution in [0.3, 0.4) is 0 Å². The number of benzene rings is 3. The second kappa shape index (κ2) is 8.48. The molecule has 1 aliphatic heterocycles. The first-order chi connectivity index (χ1) is 14.2. The lowest BCUT2D eigenvalue weighted by Gasteiger charge is -2.10. The third kappa shape index (κ3) is 4.55. The maximum Gasteiger partial charge on any atom is 0.338 e. The molecule has 3 aromatic rings. The molecule has 0 saturated heterocycles. The van der Waals surface area contributed by atoms with E-state index in [9.17, 15) is 9.59 Å². The van der Waals surface area contributed by atoms with Crippen molar-refractivity contribution < 1.29 is 23.8 Å². The lowest BCUT2D eigenvalue weighted by atomic mass is 10.00. The molecule has 0 atom stereocenters. The SMILES string of the molecule is O=C(COC(=O)c1ccccc1Cc1ccccc1)Nc1ccc2c(c1)OCO2. The van der Waals surface area contributed by atoms with Gasteiger partial charge in [-0.1, -0.05) is 48.5 Å². The highest BCUT2D eigenvalue weighted by molar-refractivity contribution is 5.96. The minimum absolute atomic E-state index is 0.159. The van der Waals surface area contributed by atoms with Gasteiger partial charge in [0.25, 0.3) is 5.91 Å². The van der Waals surface area contributed by atoms with Crippen LogP contribution in [-0.2, 0) is 16.0 Å². The Labute approximate surface area is 168 Å². The number of hydrogen-bond donors (Lipinski definition) is 1. The van der Waals surface area contributed by atoms with Gasteiger partial charge < -0.3 is 19.5 Å². The third-order valence-corrected chi connectivity index (χ3v) is 4.47. The van der Waals surface area contributed by atoms with Crippen LogP contribution in [0.5, 0.6) is 11.5 Å². The highest BCUT2D eigenvalue weighted by atomic mass is 16.7. The standard InChI is InChI=1S/C23H19NO5/c25-22(24-18-10-11-20-21(13-18)29-15-28-20)14-27-23(26)19-9-5-4-8-17(19)12-16-6-2-1-3-7-16/h1-11,13H,12,14-15H2,(H,24,25). The zero-order valence-electron chi connectivity index (χ0n) is 15.6. The van der Waals surface area contributed by atoms with E-state index in [1.54, 1.807) is 30.3 Å². The van der Waals surface area contributed by atoms with Crippen molar-refractivity contribution in [2.45, 2.75) is 6.42 Å². The molecule has 0 aromatic heterocycles. The van der Waals surface area contributed by atoms with Gasteiger partial charge in [-0.3, -0.25) is 4.79 Å². The summed E-state index contributed by atoms with van der Waals surface area (Å²) in [5.74, 6) is 0.231. The average Bonchev–Trinajstić information content (AvgIpc) is 3.21. The van der Waals surface area contributed by atoms with Gasteiger partial charge >= 0.3 is 5.97 Å². The Hall–Kier alpha value is -3.80. The van der Waals surface area contributed by atoms with E-state index >= 15 is 0 Å². The normalized spacial score (nSPS) is 11.7. The van der Waals surface area contributed by atoms with Crippen molar-refractivity contribution in [1.82, 2.24) is 0 Å². The van der Waals surface area contributed by atoms with Gasteiger partial charge in [0.1, 0.15) is 0 Å². The van der Waals surface area contributed by atoms with E-state index in [2.05, 4.69) is 5.32 Å². The first-order valence-electron chi connectivity index (χ1n) is 9.17. The minimum atomic E-state index is -0.530. The van der Waals surface area contributed by atoms with Gasteiger partial charge in [0, 0.05) is 11.8 Å². The summed E-state index contributed by atoms with van der Waals surface area (Å²) in [5.41, 5.74) is 2.93. The molecule has 1 N–H and O–H groups in total. The van der Waals surface area contributed by atoms with Crippen molar-refractivity contribution in [2.75, 3.05) is 18.7 Å². The molecule has 29 heavy (non-hydrogen) atoms. The minimum Gasteiger partial charge on any atom is -0.454 e. The summed E-state index contributed by atoms with van der Waals surface area (Å²) in [7, 11) is 0. The fourth-order valence-corrected chi connectivity index (χ4v) is 3.07. The largest absolute Gasteiger partial charge is 0.454 e. The summed E-state index contributed by atoms with van der Waals surface area (Å²) >= 11 is 0. The number of hydrogen-bond acceptors (Lipinski definition) is 5. The van der Waals surface area contributed by atoms with Crippen LogP contribution in [0.4, 0.5) is 5.69 Å². The van der Waals surface area contributed by atoms with Crippen LogP contribution in [0.1, 0.15) is 21.5 Å². The number of nitrogens with one attached hydrogen (secondary N) is 1. The topological polar surface area (TPSA) is 73.9 Å². The maximum absolute atomic E-state index is 12.5. The molecule has 0 unspecified atom stereocenters. The zero-order chi connectivity index (χ0) is 20.1. The average molecular weight is 389 g/mol. The fourth-order valence-electron chi connectivity index (χ4n) is 3.07. The molecule has 0 radical (unpaired) electrons. The maximum atomic E-state index is 12.5. The van der Waals surface area contributed by atoms with Gasteiger partial charge in [0.05, 0.1) is 5.56 Å². The lowest BCUT2D eigenvalue weighted by molar-refractivity contribution is -0.119. The van der Waals surface area contributed by atoms with Crippen LogP contribution < -0.4 is 14.8 Å². The van der Waals surface area contributed by atoms with E-state index in [1.807, 2.05) is 42.5 Å². The molecule has 6 nitrogen and oxygen atoms in total. The Morgan fingerprint density at radius 2 is 1.66 bits per heavy atom. The molecule has 3 aromatic carbocycles. The summed E-state index contributed by atoms with van der Waals surface area (Å²) in [6, 6.07) is 22.2. The van der Waals surface area contributed by atoms with Gasteiger partial charge in [0.2, 0.25) is 6.79 Å². The van der Waals surface area contributed by atoms with Crippen molar-refractivity contribution in [1.29, 1.82) is 0 Å². The molecule has 0 aliphatic carbocycles. The third-order valence-electron chi connectivity index (χ3n) is 4.47. The van der Waals surface area contributed by atoms with Crippen LogP contribution in [0, 0.1) is 0 Å². The molecule has 0 saturated carbocycles. The molecule has 1 aliphatic rings. The molecule has 0 spiro atoms. The number of fused-ring (bicyclic) bond motifs is 1. The molecular formula is C23H19NO5. The lowest BCUT2D eigenvalue weighted by Crippen LogP contribution is -2.21. The molecule has 4 rings (SSSR count). The monoisotopic (exact) mass is 389 g/mol. The van der Waals surface area contributed by atoms with Crippen molar-refractivity contribution in [3.63, 3.8) is 0 Å². The molecular weight excluding hydrogens is 370 g/mol. The summed E-state index contributed by atoms with van der Waals surface area (Å²) in [6.07, 6.45) is 0.607. The molecule has 0 bridgehead atoms. The van der Waals surface area contributed by atoms with Gasteiger partial charge in [-0.2, -0.15) is 0 Å². The number of carbonyl (C=O) groups is 2. The van der Waals surface area contributed by atoms with E-state index in [0.29, 0.717) is 29.2 Å². The molecule has 1 amide bonds. The summed E-state index contributed by atoms with van der Waals surface area (Å²) in [4.78, 5) is 24.7. The molecule has 0 fully saturated rings. The van der Waals surface area contributed by atoms with E-state index in [0.717, 1.165) is 11.1 Å². The number of carbonyl (C=O) groups excluding carboxylic acids is 2. The summed E-state index contributed by atoms with van der Waals surface area (Å²) in [6.45, 7) is -0.223. The van der Waals surface area contributed by atoms with Crippen molar-refractivity contribution in [2.24, 2.45) is 0 Å². The zero-order valence-corrected chi connectivity index (χ0v) is 15.6. The Balaban J connectivity index is 1.36. The van der Waals surface area contributed by atoms with Gasteiger partial charge in [0.15, 0.2) is 18.1 Å². The van der Waals surface area contributed by atoms with E-state index in [-0.39, 0.29) is 13.4 Å². The van der Waals surface area contributed by atoms with Crippen molar-refractivity contribution in [3.8, 4) is 11.5 Å². The van der Waals surface area contributed by atoms with Crippen LogP contribution >= 0.6 is 0 Å². The van der Waals surface area contributed by atoms with E-state index in [4.69, 9.17) is 14.2 Å². The molecule has 6 heteroatoms. The van der Waals surface area contributed by atoms with Crippen LogP contribution in [0.25, 0.3) is 0 Å². The number of amides is 1. The predicted molar refractivity (Wildman–Crippen MR) is 107 cm³/mol. The van der Waals surface area contributed by atoms with Crippen LogP contribution in [-0.4, -0.2) is 25.3 Å². The fraction of sp³-hybridized carbons (Fsp3) is 0.130. The van der Waals surface area contributed by atoms with Crippen LogP contribution in [0.2, 0.25) is 0 Å². The smallest absolute Gasteiger partial charge is 0.338 e. The van der Waals surface area contributed by atoms with E-state index in [1.165, 1.54) is 0 Å². The Kier molecular flexibility index (Phi) is 5.42. The Morgan fingerprint density at radius 3 is 2.52 bits per heavy atom. The highest BCUT2D eigenvalue weighted by Crippen LogP contribution is 2.34. The van der Waals surface area contributed by atoms with Crippen molar-refractivity contribution in [3.05, 3.63) is 89.5 Å². The van der Waals surface area contributed by atoms with Crippen molar-refractivity contribution >= 4 is 17.6 Å². The Bertz CT molecular complexity index is 1030. The first-order valence-corrected chi connectivity index (χ1v) is 9.17. The molecule has 146 valence electrons. The van der Waals surface area contributed by atoms with E-state index < -0.39 is 11.9 Å². The number of ether oxygens (including phenoxy) is 3. The Morgan fingerprint density at radius 1 is 0.897 bits per heavy atom. The molecule has 1 heterocycles. The first kappa shape index (κ1) is 18.6. The quantitative estimate of drug-likeness (QED) is 0.649. The highest BCUT2D eigenvalue weighted by Gasteiger charge is 2.16. The predicted octanol–water partition coefficient (Wildman–Crippen LogP) is 3.80. The number of anilines is 1. The van der Waals surface area contributed by atoms with Gasteiger partial charge in [-0.05, 0) is 35.7 Å². The van der Waals surface area contributed by atoms with Crippen LogP contribution in [0.15, 0.2) is 72.8 Å². The summed E-state index contributed by atoms with van der Waals surface area (Å²) in [5, 5.41) is 2.68. The second-order valence-electron chi connectivity index (χ2n) is 6.51. The number of rotatable bonds is 6. The van der Waals surface area contributed by atoms with Gasteiger partial charge in [-0.25, -0.2) is 4.79 Å². The second-order valence-corrected chi connectivity index (χ2v) is 6.51.